The smallest absolute Gasteiger partial charge is 0.218 e. The second kappa shape index (κ2) is 5.33. The van der Waals surface area contributed by atoms with Gasteiger partial charge in [0.1, 0.15) is 0 Å². The van der Waals surface area contributed by atoms with Crippen LogP contribution in [0.15, 0.2) is 9.98 Å². The molecule has 0 bridgehead atoms. The van der Waals surface area contributed by atoms with Crippen molar-refractivity contribution < 1.29 is 10.2 Å². The lowest BCUT2D eigenvalue weighted by molar-refractivity contribution is 0.195. The first-order chi connectivity index (χ1) is 5.60. The first kappa shape index (κ1) is 10.7. The Labute approximate surface area is 69.6 Å². The van der Waals surface area contributed by atoms with Gasteiger partial charge >= 0.3 is 0 Å². The number of hydrogen-bond acceptors (Lipinski definition) is 3. The van der Waals surface area contributed by atoms with E-state index < -0.39 is 6.04 Å². The predicted octanol–water partition coefficient (Wildman–Crippen LogP) is -3.07. The van der Waals surface area contributed by atoms with E-state index >= 15 is 0 Å². The lowest BCUT2D eigenvalue weighted by Gasteiger charge is -2.03. The Kier molecular flexibility index (Phi) is 4.73. The predicted molar refractivity (Wildman–Crippen MR) is 45.4 cm³/mol. The minimum atomic E-state index is -0.673. The van der Waals surface area contributed by atoms with Crippen molar-refractivity contribution in [1.29, 1.82) is 0 Å². The highest BCUT2D eigenvalue weighted by atomic mass is 16.3. The molecule has 0 unspecified atom stereocenters. The molecule has 0 fully saturated rings. The molecular formula is C5H13N5O2. The van der Waals surface area contributed by atoms with E-state index in [1.54, 1.807) is 0 Å². The van der Waals surface area contributed by atoms with Crippen LogP contribution in [0.25, 0.3) is 0 Å². The Morgan fingerprint density at radius 2 is 1.67 bits per heavy atom. The summed E-state index contributed by atoms with van der Waals surface area (Å²) in [4.78, 5) is 6.99. The Morgan fingerprint density at radius 1 is 1.17 bits per heavy atom. The van der Waals surface area contributed by atoms with Gasteiger partial charge < -0.3 is 27.4 Å². The van der Waals surface area contributed by atoms with Gasteiger partial charge in [-0.05, 0) is 0 Å². The fourth-order valence-electron chi connectivity index (χ4n) is 0.488. The molecule has 7 nitrogen and oxygen atoms in total. The standard InChI is InChI=1S/C5H13N5O2/c6-4(7)10-5(8)9-3(1-11)2-12/h3,11-12H,1-2H2,(H6,6,7,8,9,10). The topological polar surface area (TPSA) is 143 Å². The van der Waals surface area contributed by atoms with Gasteiger partial charge in [-0.1, -0.05) is 0 Å². The summed E-state index contributed by atoms with van der Waals surface area (Å²) >= 11 is 0. The molecule has 0 spiro atoms. The Hall–Kier alpha value is -1.34. The van der Waals surface area contributed by atoms with Gasteiger partial charge in [0.15, 0.2) is 5.96 Å². The van der Waals surface area contributed by atoms with Crippen LogP contribution in [0.5, 0.6) is 0 Å². The summed E-state index contributed by atoms with van der Waals surface area (Å²) in [6.07, 6.45) is 0. The maximum atomic E-state index is 8.58. The normalized spacial score (nSPS) is 11.8. The van der Waals surface area contributed by atoms with E-state index in [-0.39, 0.29) is 25.1 Å². The van der Waals surface area contributed by atoms with Crippen LogP contribution in [0.3, 0.4) is 0 Å². The molecule has 0 aromatic rings. The number of nitrogens with zero attached hydrogens (tertiary/aromatic N) is 2. The highest BCUT2D eigenvalue weighted by Crippen LogP contribution is 1.87. The number of nitrogens with two attached hydrogens (primary N) is 3. The second-order valence-electron chi connectivity index (χ2n) is 2.04. The van der Waals surface area contributed by atoms with Crippen molar-refractivity contribution >= 4 is 11.9 Å². The molecule has 0 aliphatic carbocycles. The molecule has 0 rings (SSSR count). The van der Waals surface area contributed by atoms with Crippen LogP contribution in [0.2, 0.25) is 0 Å². The lowest BCUT2D eigenvalue weighted by atomic mass is 10.4. The minimum absolute atomic E-state index is 0.164. The number of aliphatic hydroxyl groups is 2. The number of rotatable bonds is 3. The molecule has 12 heavy (non-hydrogen) atoms. The van der Waals surface area contributed by atoms with E-state index in [4.69, 9.17) is 27.4 Å². The first-order valence-electron chi connectivity index (χ1n) is 3.24. The summed E-state index contributed by atoms with van der Waals surface area (Å²) in [5.41, 5.74) is 15.2. The summed E-state index contributed by atoms with van der Waals surface area (Å²) < 4.78 is 0. The van der Waals surface area contributed by atoms with E-state index in [0.717, 1.165) is 0 Å². The van der Waals surface area contributed by atoms with Crippen LogP contribution in [-0.2, 0) is 0 Å². The van der Waals surface area contributed by atoms with Crippen LogP contribution in [-0.4, -0.2) is 41.4 Å². The Balaban J connectivity index is 4.22. The highest BCUT2D eigenvalue weighted by Gasteiger charge is 2.02. The molecule has 0 radical (unpaired) electrons. The molecule has 0 saturated carbocycles. The summed E-state index contributed by atoms with van der Waals surface area (Å²) in [5.74, 6) is -0.381. The van der Waals surface area contributed by atoms with Crippen molar-refractivity contribution in [3.63, 3.8) is 0 Å². The number of aliphatic imine (C=N–C) groups is 2. The largest absolute Gasteiger partial charge is 0.394 e. The van der Waals surface area contributed by atoms with Crippen LogP contribution in [0.1, 0.15) is 0 Å². The molecule has 0 heterocycles. The molecule has 7 heteroatoms. The number of aliphatic hydroxyl groups excluding tert-OH is 2. The van der Waals surface area contributed by atoms with Gasteiger partial charge in [0, 0.05) is 0 Å². The molecule has 0 aromatic carbocycles. The summed E-state index contributed by atoms with van der Waals surface area (Å²) in [6, 6.07) is -0.673. The Bertz CT molecular complexity index is 182. The zero-order valence-corrected chi connectivity index (χ0v) is 6.51. The van der Waals surface area contributed by atoms with Gasteiger partial charge in [-0.25, -0.2) is 4.99 Å². The third kappa shape index (κ3) is 4.47. The monoisotopic (exact) mass is 175 g/mol. The summed E-state index contributed by atoms with van der Waals surface area (Å²) in [7, 11) is 0. The van der Waals surface area contributed by atoms with Crippen molar-refractivity contribution in [3.05, 3.63) is 0 Å². The van der Waals surface area contributed by atoms with Gasteiger partial charge in [-0.3, -0.25) is 0 Å². The number of guanidine groups is 2. The molecular weight excluding hydrogens is 162 g/mol. The average molecular weight is 175 g/mol. The minimum Gasteiger partial charge on any atom is -0.394 e. The third-order valence-electron chi connectivity index (χ3n) is 0.980. The van der Waals surface area contributed by atoms with Crippen molar-refractivity contribution in [2.24, 2.45) is 27.2 Å². The molecule has 0 aromatic heterocycles. The van der Waals surface area contributed by atoms with Gasteiger partial charge in [0.25, 0.3) is 0 Å². The van der Waals surface area contributed by atoms with Crippen molar-refractivity contribution in [2.75, 3.05) is 13.2 Å². The molecule has 70 valence electrons. The van der Waals surface area contributed by atoms with E-state index in [9.17, 15) is 0 Å². The van der Waals surface area contributed by atoms with E-state index in [0.29, 0.717) is 0 Å². The van der Waals surface area contributed by atoms with Crippen LogP contribution in [0.4, 0.5) is 0 Å². The maximum absolute atomic E-state index is 8.58. The molecule has 0 amide bonds. The average Bonchev–Trinajstić information content (AvgIpc) is 1.98. The quantitative estimate of drug-likeness (QED) is 0.228. The van der Waals surface area contributed by atoms with Gasteiger partial charge in [-0.2, -0.15) is 4.99 Å². The third-order valence-corrected chi connectivity index (χ3v) is 0.980. The molecule has 0 aliphatic heterocycles. The zero-order chi connectivity index (χ0) is 9.56. The molecule has 0 saturated heterocycles. The van der Waals surface area contributed by atoms with Gasteiger partial charge in [-0.15, -0.1) is 0 Å². The van der Waals surface area contributed by atoms with E-state index in [2.05, 4.69) is 9.98 Å². The lowest BCUT2D eigenvalue weighted by Crippen LogP contribution is -2.28. The number of hydrogen-bond donors (Lipinski definition) is 5. The fraction of sp³-hybridized carbons (Fsp3) is 0.600. The maximum Gasteiger partial charge on any atom is 0.218 e. The van der Waals surface area contributed by atoms with Crippen LogP contribution >= 0.6 is 0 Å². The first-order valence-corrected chi connectivity index (χ1v) is 3.24. The summed E-state index contributed by atoms with van der Waals surface area (Å²) in [6.45, 7) is -0.617. The van der Waals surface area contributed by atoms with Gasteiger partial charge in [0.05, 0.1) is 19.3 Å². The Morgan fingerprint density at radius 3 is 2.00 bits per heavy atom. The molecule has 8 N–H and O–H groups in total. The highest BCUT2D eigenvalue weighted by molar-refractivity contribution is 5.92. The SMILES string of the molecule is NC(N)=NC(N)=NC(CO)CO. The summed E-state index contributed by atoms with van der Waals surface area (Å²) in [5, 5.41) is 17.2. The van der Waals surface area contributed by atoms with E-state index in [1.807, 2.05) is 0 Å². The molecule has 0 atom stereocenters. The van der Waals surface area contributed by atoms with Gasteiger partial charge in [0.2, 0.25) is 5.96 Å². The van der Waals surface area contributed by atoms with Crippen molar-refractivity contribution in [2.45, 2.75) is 6.04 Å². The zero-order valence-electron chi connectivity index (χ0n) is 6.51. The second-order valence-corrected chi connectivity index (χ2v) is 2.04. The van der Waals surface area contributed by atoms with Crippen LogP contribution < -0.4 is 17.2 Å². The van der Waals surface area contributed by atoms with Crippen LogP contribution in [0, 0.1) is 0 Å². The fourth-order valence-corrected chi connectivity index (χ4v) is 0.488. The molecule has 0 aliphatic rings. The van der Waals surface area contributed by atoms with E-state index in [1.165, 1.54) is 0 Å². The van der Waals surface area contributed by atoms with Crippen molar-refractivity contribution in [3.8, 4) is 0 Å². The van der Waals surface area contributed by atoms with Crippen molar-refractivity contribution in [1.82, 2.24) is 0 Å².